The number of aromatic nitrogens is 1. The van der Waals surface area contributed by atoms with E-state index in [2.05, 4.69) is 13.0 Å². The zero-order chi connectivity index (χ0) is 22.8. The second-order valence-corrected chi connectivity index (χ2v) is 10.2. The molecule has 3 rings (SSSR count). The first kappa shape index (κ1) is 22.7. The van der Waals surface area contributed by atoms with Crippen molar-refractivity contribution < 1.29 is 18.4 Å². The highest BCUT2D eigenvalue weighted by Crippen LogP contribution is 2.25. The molecule has 1 aromatic heterocycles. The summed E-state index contributed by atoms with van der Waals surface area (Å²) in [6, 6.07) is 16.5. The van der Waals surface area contributed by atoms with Gasteiger partial charge in [-0.15, -0.1) is 0 Å². The lowest BCUT2D eigenvalue weighted by Gasteiger charge is -2.25. The molecule has 0 aliphatic rings. The third-order valence-corrected chi connectivity index (χ3v) is 7.82. The van der Waals surface area contributed by atoms with E-state index in [-0.39, 0.29) is 18.5 Å². The van der Waals surface area contributed by atoms with Gasteiger partial charge in [0.2, 0.25) is 0 Å². The fourth-order valence-electron chi connectivity index (χ4n) is 3.42. The van der Waals surface area contributed by atoms with Crippen molar-refractivity contribution in [2.24, 2.45) is 0 Å². The Bertz CT molecular complexity index is 1280. The molecule has 1 heterocycles. The third kappa shape index (κ3) is 4.40. The molecule has 7 nitrogen and oxygen atoms in total. The summed E-state index contributed by atoms with van der Waals surface area (Å²) in [6.07, 6.45) is 3.26. The second kappa shape index (κ2) is 8.64. The molecule has 1 radical (unpaired) electrons. The van der Waals surface area contributed by atoms with E-state index in [9.17, 15) is 18.0 Å². The Labute approximate surface area is 181 Å². The number of benzene rings is 2. The molecule has 1 atom stereocenters. The smallest absolute Gasteiger partial charge is 0.264 e. The van der Waals surface area contributed by atoms with Crippen LogP contribution in [0.15, 0.2) is 53.5 Å². The topological polar surface area (TPSA) is 105 Å². The zero-order valence-corrected chi connectivity index (χ0v) is 18.5. The molecular weight excluding hydrogens is 416 g/mol. The van der Waals surface area contributed by atoms with Crippen LogP contribution in [0.25, 0.3) is 21.9 Å². The number of aryl methyl sites for hydroxylation is 2. The first-order valence-electron chi connectivity index (χ1n) is 9.89. The van der Waals surface area contributed by atoms with E-state index >= 15 is 0 Å². The largest absolute Gasteiger partial charge is 0.315 e. The van der Waals surface area contributed by atoms with Crippen molar-refractivity contribution in [3.63, 3.8) is 0 Å². The fraction of sp³-hybridized carbons (Fsp3) is 0.304. The van der Waals surface area contributed by atoms with Crippen LogP contribution in [0.1, 0.15) is 25.8 Å². The molecule has 3 aromatic rings. The summed E-state index contributed by atoms with van der Waals surface area (Å²) in [4.78, 5) is 24.9. The van der Waals surface area contributed by atoms with Crippen molar-refractivity contribution in [3.8, 4) is 11.1 Å². The predicted molar refractivity (Wildman–Crippen MR) is 120 cm³/mol. The number of carbonyl (C=O) groups is 1. The number of pyridine rings is 1. The van der Waals surface area contributed by atoms with Crippen molar-refractivity contribution in [1.29, 1.82) is 0 Å². The molecule has 0 saturated carbocycles. The summed E-state index contributed by atoms with van der Waals surface area (Å²) in [5, 5.41) is 10.2. The highest BCUT2D eigenvalue weighted by molar-refractivity contribution is 7.92. The Kier molecular flexibility index (Phi) is 6.33. The first-order valence-corrected chi connectivity index (χ1v) is 11.8. The molecule has 0 fully saturated rings. The number of fused-ring (bicyclic) bond motifs is 1. The minimum atomic E-state index is -3.83. The quantitative estimate of drug-likeness (QED) is 0.433. The minimum Gasteiger partial charge on any atom is -0.315 e. The van der Waals surface area contributed by atoms with E-state index in [0.717, 1.165) is 34.8 Å². The van der Waals surface area contributed by atoms with Gasteiger partial charge in [-0.3, -0.25) is 14.8 Å². The highest BCUT2D eigenvalue weighted by atomic mass is 32.2. The maximum absolute atomic E-state index is 12.9. The van der Waals surface area contributed by atoms with Gasteiger partial charge in [0.25, 0.3) is 11.5 Å². The molecule has 2 aromatic carbocycles. The van der Waals surface area contributed by atoms with E-state index < -0.39 is 20.5 Å². The van der Waals surface area contributed by atoms with E-state index in [4.69, 9.17) is 5.21 Å². The zero-order valence-electron chi connectivity index (χ0n) is 17.7. The van der Waals surface area contributed by atoms with Gasteiger partial charge in [-0.1, -0.05) is 25.1 Å². The van der Waals surface area contributed by atoms with Crippen LogP contribution in [0.3, 0.4) is 0 Å². The summed E-state index contributed by atoms with van der Waals surface area (Å²) >= 11 is 0. The summed E-state index contributed by atoms with van der Waals surface area (Å²) in [5.41, 5.74) is 4.23. The molecule has 0 aliphatic carbocycles. The Morgan fingerprint density at radius 3 is 2.48 bits per heavy atom. The standard InChI is InChI=1S/C23H25N2O5S/c1-4-16-5-7-17(8-6-16)18-9-10-20-19(15-18)11-13-25(21(20)26)14-12-23(2,22(27)24-28)31(3,29)30/h5,7-11,13,15,28H,4,12,14H2,1-3H3,(H,24,27)/t23-/m1/s1. The van der Waals surface area contributed by atoms with Crippen LogP contribution in [-0.2, 0) is 27.6 Å². The predicted octanol–water partition coefficient (Wildman–Crippen LogP) is 2.73. The molecule has 8 heteroatoms. The molecule has 31 heavy (non-hydrogen) atoms. The maximum atomic E-state index is 12.9. The molecule has 0 aliphatic heterocycles. The Morgan fingerprint density at radius 2 is 1.90 bits per heavy atom. The van der Waals surface area contributed by atoms with Gasteiger partial charge in [0.05, 0.1) is 0 Å². The maximum Gasteiger partial charge on any atom is 0.264 e. The van der Waals surface area contributed by atoms with Crippen LogP contribution in [0.4, 0.5) is 0 Å². The first-order chi connectivity index (χ1) is 14.6. The number of hydrogen-bond donors (Lipinski definition) is 2. The molecule has 0 spiro atoms. The summed E-state index contributed by atoms with van der Waals surface area (Å²) in [5.74, 6) is -1.03. The fourth-order valence-corrected chi connectivity index (χ4v) is 4.26. The summed E-state index contributed by atoms with van der Waals surface area (Å²) < 4.78 is 23.8. The minimum absolute atomic E-state index is 0.000947. The molecule has 2 N–H and O–H groups in total. The van der Waals surface area contributed by atoms with Crippen molar-refractivity contribution in [3.05, 3.63) is 70.6 Å². The molecule has 163 valence electrons. The van der Waals surface area contributed by atoms with E-state index in [1.165, 1.54) is 17.0 Å². The lowest BCUT2D eigenvalue weighted by atomic mass is 10.0. The lowest BCUT2D eigenvalue weighted by molar-refractivity contribution is -0.131. The molecular formula is C23H25N2O5S. The van der Waals surface area contributed by atoms with Gasteiger partial charge in [0.1, 0.15) is 0 Å². The van der Waals surface area contributed by atoms with Gasteiger partial charge < -0.3 is 4.57 Å². The van der Waals surface area contributed by atoms with Crippen LogP contribution in [0, 0.1) is 6.07 Å². The van der Waals surface area contributed by atoms with Crippen LogP contribution in [0.5, 0.6) is 0 Å². The number of rotatable bonds is 7. The van der Waals surface area contributed by atoms with Crippen molar-refractivity contribution >= 4 is 26.5 Å². The molecule has 0 bridgehead atoms. The number of hydroxylamine groups is 1. The van der Waals surface area contributed by atoms with Crippen molar-refractivity contribution in [2.45, 2.75) is 38.0 Å². The average Bonchev–Trinajstić information content (AvgIpc) is 2.76. The molecule has 1 amide bonds. The van der Waals surface area contributed by atoms with Crippen molar-refractivity contribution in [2.75, 3.05) is 6.26 Å². The number of nitrogens with zero attached hydrogens (tertiary/aromatic N) is 1. The average molecular weight is 442 g/mol. The van der Waals surface area contributed by atoms with E-state index in [0.29, 0.717) is 5.39 Å². The number of sulfone groups is 1. The Morgan fingerprint density at radius 1 is 1.19 bits per heavy atom. The van der Waals surface area contributed by atoms with Crippen molar-refractivity contribution in [1.82, 2.24) is 10.0 Å². The highest BCUT2D eigenvalue weighted by Gasteiger charge is 2.43. The number of nitrogens with one attached hydrogen (secondary N) is 1. The number of hydrogen-bond acceptors (Lipinski definition) is 5. The van der Waals surface area contributed by atoms with E-state index in [1.807, 2.05) is 30.3 Å². The molecule has 0 saturated heterocycles. The van der Waals surface area contributed by atoms with Gasteiger partial charge in [0, 0.05) is 24.4 Å². The third-order valence-electron chi connectivity index (χ3n) is 5.80. The van der Waals surface area contributed by atoms with Crippen LogP contribution in [0.2, 0.25) is 0 Å². The van der Waals surface area contributed by atoms with Gasteiger partial charge in [-0.05, 0) is 72.2 Å². The summed E-state index contributed by atoms with van der Waals surface area (Å²) in [6.45, 7) is 3.30. The van der Waals surface area contributed by atoms with Gasteiger partial charge >= 0.3 is 0 Å². The SMILES string of the molecule is CCc1[c]cc(-c2ccc3c(=O)n(CC[C@](C)(C(=O)NO)S(C)(=O)=O)ccc3c2)cc1. The second-order valence-electron chi connectivity index (χ2n) is 7.77. The summed E-state index contributed by atoms with van der Waals surface area (Å²) in [7, 11) is -3.83. The van der Waals surface area contributed by atoms with Gasteiger partial charge in [-0.2, -0.15) is 0 Å². The number of carbonyl (C=O) groups excluding carboxylic acids is 1. The molecule has 0 unspecified atom stereocenters. The Hall–Kier alpha value is -2.97. The normalized spacial score (nSPS) is 13.7. The van der Waals surface area contributed by atoms with Gasteiger partial charge in [0.15, 0.2) is 14.6 Å². The van der Waals surface area contributed by atoms with Crippen LogP contribution in [-0.4, -0.2) is 35.1 Å². The lowest BCUT2D eigenvalue weighted by Crippen LogP contribution is -2.49. The number of amides is 1. The van der Waals surface area contributed by atoms with Crippen LogP contribution < -0.4 is 11.0 Å². The van der Waals surface area contributed by atoms with Gasteiger partial charge in [-0.25, -0.2) is 13.9 Å². The van der Waals surface area contributed by atoms with Crippen LogP contribution >= 0.6 is 0 Å². The Balaban J connectivity index is 1.92. The monoisotopic (exact) mass is 441 g/mol. The van der Waals surface area contributed by atoms with E-state index in [1.54, 1.807) is 18.3 Å².